The zero-order valence-corrected chi connectivity index (χ0v) is 11.6. The van der Waals surface area contributed by atoms with Gasteiger partial charge in [-0.3, -0.25) is 0 Å². The highest BCUT2D eigenvalue weighted by atomic mass is 35.5. The smallest absolute Gasteiger partial charge is 0.126 e. The van der Waals surface area contributed by atoms with Crippen LogP contribution in [0.2, 0.25) is 5.02 Å². The van der Waals surface area contributed by atoms with Gasteiger partial charge in [0.25, 0.3) is 0 Å². The van der Waals surface area contributed by atoms with Crippen molar-refractivity contribution in [1.29, 1.82) is 0 Å². The molecule has 2 N–H and O–H groups in total. The monoisotopic (exact) mass is 269 g/mol. The Morgan fingerprint density at radius 2 is 2.22 bits per heavy atom. The lowest BCUT2D eigenvalue weighted by atomic mass is 9.69. The lowest BCUT2D eigenvalue weighted by Crippen LogP contribution is -2.51. The largest absolute Gasteiger partial charge is 0.325 e. The molecule has 0 aromatic heterocycles. The molecule has 1 saturated carbocycles. The van der Waals surface area contributed by atoms with Crippen molar-refractivity contribution < 1.29 is 4.39 Å². The molecule has 0 saturated heterocycles. The van der Waals surface area contributed by atoms with E-state index < -0.39 is 0 Å². The van der Waals surface area contributed by atoms with Gasteiger partial charge in [0.05, 0.1) is 0 Å². The summed E-state index contributed by atoms with van der Waals surface area (Å²) in [5.41, 5.74) is 6.95. The second kappa shape index (κ2) is 5.58. The van der Waals surface area contributed by atoms with E-state index in [9.17, 15) is 4.39 Å². The maximum Gasteiger partial charge on any atom is 0.126 e. The molecule has 0 spiro atoms. The highest BCUT2D eigenvalue weighted by Gasteiger charge is 2.36. The molecule has 0 bridgehead atoms. The number of rotatable bonds is 3. The van der Waals surface area contributed by atoms with Gasteiger partial charge >= 0.3 is 0 Å². The fourth-order valence-electron chi connectivity index (χ4n) is 3.21. The van der Waals surface area contributed by atoms with Crippen LogP contribution >= 0.6 is 11.6 Å². The molecule has 100 valence electrons. The van der Waals surface area contributed by atoms with Crippen molar-refractivity contribution in [1.82, 2.24) is 0 Å². The van der Waals surface area contributed by atoms with E-state index in [1.807, 2.05) is 0 Å². The van der Waals surface area contributed by atoms with Gasteiger partial charge in [-0.25, -0.2) is 4.39 Å². The summed E-state index contributed by atoms with van der Waals surface area (Å²) in [5.74, 6) is 0.300. The predicted molar refractivity (Wildman–Crippen MR) is 74.3 cm³/mol. The summed E-state index contributed by atoms with van der Waals surface area (Å²) >= 11 is 5.94. The van der Waals surface area contributed by atoms with Crippen molar-refractivity contribution in [2.45, 2.75) is 51.0 Å². The summed E-state index contributed by atoms with van der Waals surface area (Å²) in [4.78, 5) is 0. The molecule has 1 aliphatic rings. The third-order valence-corrected chi connectivity index (χ3v) is 4.51. The van der Waals surface area contributed by atoms with Crippen LogP contribution in [0, 0.1) is 11.7 Å². The van der Waals surface area contributed by atoms with Crippen LogP contribution in [0.5, 0.6) is 0 Å². The van der Waals surface area contributed by atoms with Crippen molar-refractivity contribution in [3.63, 3.8) is 0 Å². The Morgan fingerprint density at radius 1 is 1.44 bits per heavy atom. The Bertz CT molecular complexity index is 421. The number of halogens is 2. The molecule has 2 unspecified atom stereocenters. The van der Waals surface area contributed by atoms with Gasteiger partial charge in [-0.2, -0.15) is 0 Å². The summed E-state index contributed by atoms with van der Waals surface area (Å²) < 4.78 is 13.8. The molecule has 18 heavy (non-hydrogen) atoms. The van der Waals surface area contributed by atoms with Crippen LogP contribution in [-0.4, -0.2) is 5.54 Å². The topological polar surface area (TPSA) is 26.0 Å². The molecule has 0 heterocycles. The summed E-state index contributed by atoms with van der Waals surface area (Å²) in [6.45, 7) is 2.17. The van der Waals surface area contributed by atoms with Crippen LogP contribution in [0.1, 0.15) is 44.6 Å². The van der Waals surface area contributed by atoms with Gasteiger partial charge in [0.1, 0.15) is 5.82 Å². The highest BCUT2D eigenvalue weighted by molar-refractivity contribution is 6.30. The van der Waals surface area contributed by atoms with Crippen LogP contribution in [-0.2, 0) is 6.42 Å². The molecule has 1 nitrogen and oxygen atoms in total. The quantitative estimate of drug-likeness (QED) is 0.869. The third-order valence-electron chi connectivity index (χ3n) is 4.28. The van der Waals surface area contributed by atoms with Gasteiger partial charge < -0.3 is 5.73 Å². The Kier molecular flexibility index (Phi) is 4.29. The molecule has 1 aromatic rings. The van der Waals surface area contributed by atoms with Crippen LogP contribution < -0.4 is 5.73 Å². The van der Waals surface area contributed by atoms with Crippen molar-refractivity contribution >= 4 is 11.6 Å². The second-order valence-corrected chi connectivity index (χ2v) is 5.93. The van der Waals surface area contributed by atoms with E-state index >= 15 is 0 Å². The van der Waals surface area contributed by atoms with Gasteiger partial charge in [0, 0.05) is 10.6 Å². The number of benzene rings is 1. The summed E-state index contributed by atoms with van der Waals surface area (Å²) in [6, 6.07) is 4.74. The van der Waals surface area contributed by atoms with Crippen LogP contribution in [0.4, 0.5) is 4.39 Å². The van der Waals surface area contributed by atoms with E-state index in [0.29, 0.717) is 22.9 Å². The van der Waals surface area contributed by atoms with Crippen molar-refractivity contribution in [2.24, 2.45) is 11.7 Å². The minimum Gasteiger partial charge on any atom is -0.325 e. The Balaban J connectivity index is 2.22. The maximum atomic E-state index is 13.8. The Labute approximate surface area is 114 Å². The lowest BCUT2D eigenvalue weighted by molar-refractivity contribution is 0.181. The van der Waals surface area contributed by atoms with Gasteiger partial charge in [-0.05, 0) is 48.9 Å². The predicted octanol–water partition coefficient (Wildman–Crippen LogP) is 4.32. The first-order valence-electron chi connectivity index (χ1n) is 6.78. The van der Waals surface area contributed by atoms with E-state index in [0.717, 1.165) is 25.7 Å². The summed E-state index contributed by atoms with van der Waals surface area (Å²) in [5, 5.41) is 0.582. The molecule has 3 heteroatoms. The van der Waals surface area contributed by atoms with Gasteiger partial charge in [-0.15, -0.1) is 0 Å². The zero-order chi connectivity index (χ0) is 13.2. The number of hydrogen-bond acceptors (Lipinski definition) is 1. The van der Waals surface area contributed by atoms with Crippen molar-refractivity contribution in [2.75, 3.05) is 0 Å². The van der Waals surface area contributed by atoms with Crippen molar-refractivity contribution in [3.05, 3.63) is 34.6 Å². The fourth-order valence-corrected chi connectivity index (χ4v) is 3.41. The highest BCUT2D eigenvalue weighted by Crippen LogP contribution is 2.37. The summed E-state index contributed by atoms with van der Waals surface area (Å²) in [7, 11) is 0. The summed E-state index contributed by atoms with van der Waals surface area (Å²) in [6.07, 6.45) is 6.20. The first-order valence-corrected chi connectivity index (χ1v) is 7.16. The van der Waals surface area contributed by atoms with Crippen LogP contribution in [0.25, 0.3) is 0 Å². The molecular formula is C15H21ClFN. The average molecular weight is 270 g/mol. The molecule has 0 amide bonds. The molecule has 2 rings (SSSR count). The van der Waals surface area contributed by atoms with E-state index in [1.165, 1.54) is 12.5 Å². The van der Waals surface area contributed by atoms with E-state index in [4.69, 9.17) is 17.3 Å². The van der Waals surface area contributed by atoms with Crippen LogP contribution in [0.3, 0.4) is 0 Å². The normalized spacial score (nSPS) is 28.3. The van der Waals surface area contributed by atoms with Gasteiger partial charge in [-0.1, -0.05) is 37.8 Å². The lowest BCUT2D eigenvalue weighted by Gasteiger charge is -2.41. The second-order valence-electron chi connectivity index (χ2n) is 5.50. The number of hydrogen-bond donors (Lipinski definition) is 1. The molecule has 2 atom stereocenters. The van der Waals surface area contributed by atoms with Gasteiger partial charge in [0.2, 0.25) is 0 Å². The van der Waals surface area contributed by atoms with E-state index in [2.05, 4.69) is 6.92 Å². The molecule has 0 aliphatic heterocycles. The molecule has 0 radical (unpaired) electrons. The van der Waals surface area contributed by atoms with Crippen molar-refractivity contribution in [3.8, 4) is 0 Å². The SMILES string of the molecule is CCC1CCCCC1(N)Cc1cc(Cl)ccc1F. The number of nitrogens with two attached hydrogens (primary N) is 1. The first-order chi connectivity index (χ1) is 8.55. The molecule has 1 aliphatic carbocycles. The average Bonchev–Trinajstić information content (AvgIpc) is 2.34. The zero-order valence-electron chi connectivity index (χ0n) is 10.9. The van der Waals surface area contributed by atoms with E-state index in [1.54, 1.807) is 12.1 Å². The minimum absolute atomic E-state index is 0.190. The first kappa shape index (κ1) is 13.8. The van der Waals surface area contributed by atoms with Crippen LogP contribution in [0.15, 0.2) is 18.2 Å². The standard InChI is InChI=1S/C15H21ClFN/c1-2-12-5-3-4-8-15(12,18)10-11-9-13(16)6-7-14(11)17/h6-7,9,12H,2-5,8,10,18H2,1H3. The third kappa shape index (κ3) is 2.86. The Hall–Kier alpha value is -0.600. The fraction of sp³-hybridized carbons (Fsp3) is 0.600. The van der Waals surface area contributed by atoms with Gasteiger partial charge in [0.15, 0.2) is 0 Å². The molecule has 1 fully saturated rings. The molecule has 1 aromatic carbocycles. The maximum absolute atomic E-state index is 13.8. The van der Waals surface area contributed by atoms with E-state index in [-0.39, 0.29) is 11.4 Å². The minimum atomic E-state index is -0.265. The Morgan fingerprint density at radius 3 is 2.94 bits per heavy atom. The molecular weight excluding hydrogens is 249 g/mol.